The van der Waals surface area contributed by atoms with Gasteiger partial charge in [0.2, 0.25) is 5.91 Å². The number of carbonyl (C=O) groups excluding carboxylic acids is 2. The molecule has 5 nitrogen and oxygen atoms in total. The minimum absolute atomic E-state index is 0.175. The number of aryl methyl sites for hydroxylation is 2. The average molecular weight is 371 g/mol. The minimum Gasteiger partial charge on any atom is -0.497 e. The van der Waals surface area contributed by atoms with Crippen molar-refractivity contribution >= 4 is 29.3 Å². The molecule has 0 saturated heterocycles. The summed E-state index contributed by atoms with van der Waals surface area (Å²) in [4.78, 5) is 25.3. The van der Waals surface area contributed by atoms with Crippen LogP contribution in [0.4, 0.5) is 5.69 Å². The summed E-state index contributed by atoms with van der Waals surface area (Å²) in [7, 11) is 2.82. The van der Waals surface area contributed by atoms with Gasteiger partial charge in [-0.1, -0.05) is 6.07 Å². The first-order chi connectivity index (χ1) is 12.6. The van der Waals surface area contributed by atoms with Crippen molar-refractivity contribution in [2.45, 2.75) is 24.2 Å². The van der Waals surface area contributed by atoms with Crippen molar-refractivity contribution < 1.29 is 19.1 Å². The maximum absolute atomic E-state index is 12.3. The lowest BCUT2D eigenvalue weighted by atomic mass is 10.1. The average Bonchev–Trinajstić information content (AvgIpc) is 3.14. The predicted octanol–water partition coefficient (Wildman–Crippen LogP) is 3.70. The van der Waals surface area contributed by atoms with E-state index in [1.54, 1.807) is 18.2 Å². The van der Waals surface area contributed by atoms with Crippen molar-refractivity contribution in [3.63, 3.8) is 0 Å². The molecule has 1 aliphatic rings. The number of fused-ring (bicyclic) bond motifs is 1. The molecule has 1 amide bonds. The van der Waals surface area contributed by atoms with Crippen molar-refractivity contribution in [1.82, 2.24) is 0 Å². The molecule has 0 fully saturated rings. The van der Waals surface area contributed by atoms with Crippen LogP contribution in [0, 0.1) is 0 Å². The zero-order chi connectivity index (χ0) is 18.5. The molecule has 26 heavy (non-hydrogen) atoms. The molecule has 0 bridgehead atoms. The molecule has 0 heterocycles. The van der Waals surface area contributed by atoms with Gasteiger partial charge in [-0.3, -0.25) is 4.79 Å². The van der Waals surface area contributed by atoms with Crippen LogP contribution in [0.5, 0.6) is 5.75 Å². The Kier molecular flexibility index (Phi) is 5.83. The number of rotatable bonds is 6. The molecule has 6 heteroatoms. The number of anilines is 1. The molecule has 1 aliphatic carbocycles. The number of amides is 1. The highest BCUT2D eigenvalue weighted by Crippen LogP contribution is 2.28. The number of thioether (sulfide) groups is 1. The fourth-order valence-corrected chi connectivity index (χ4v) is 3.77. The first-order valence-electron chi connectivity index (χ1n) is 8.41. The van der Waals surface area contributed by atoms with Crippen molar-refractivity contribution in [2.75, 3.05) is 25.3 Å². The van der Waals surface area contributed by atoms with Crippen molar-refractivity contribution in [3.05, 3.63) is 53.1 Å². The number of carbonyl (C=O) groups is 2. The van der Waals surface area contributed by atoms with Gasteiger partial charge in [-0.25, -0.2) is 4.79 Å². The third-order valence-corrected chi connectivity index (χ3v) is 5.34. The fourth-order valence-electron chi connectivity index (χ4n) is 3.01. The summed E-state index contributed by atoms with van der Waals surface area (Å²) >= 11 is 1.49. The minimum atomic E-state index is -0.523. The Bertz CT molecular complexity index is 835. The highest BCUT2D eigenvalue weighted by molar-refractivity contribution is 8.00. The van der Waals surface area contributed by atoms with Crippen LogP contribution in [0.1, 0.15) is 27.9 Å². The Morgan fingerprint density at radius 3 is 2.65 bits per heavy atom. The molecule has 1 N–H and O–H groups in total. The Morgan fingerprint density at radius 1 is 1.08 bits per heavy atom. The zero-order valence-electron chi connectivity index (χ0n) is 14.8. The van der Waals surface area contributed by atoms with Gasteiger partial charge in [-0.05, 0) is 60.7 Å². The second-order valence-electron chi connectivity index (χ2n) is 6.02. The number of ether oxygens (including phenoxy) is 2. The predicted molar refractivity (Wildman–Crippen MR) is 102 cm³/mol. The molecule has 0 atom stereocenters. The van der Waals surface area contributed by atoms with Gasteiger partial charge in [0.1, 0.15) is 5.75 Å². The molecule has 0 radical (unpaired) electrons. The van der Waals surface area contributed by atoms with E-state index in [-0.39, 0.29) is 17.2 Å². The SMILES string of the molecule is COC(=O)c1cc(OC)ccc1NC(=O)CSc1ccc2c(c1)CCC2. The normalized spacial score (nSPS) is 12.4. The van der Waals surface area contributed by atoms with Gasteiger partial charge in [-0.2, -0.15) is 0 Å². The van der Waals surface area contributed by atoms with E-state index in [0.717, 1.165) is 17.7 Å². The molecule has 3 rings (SSSR count). The van der Waals surface area contributed by atoms with Crippen LogP contribution in [-0.4, -0.2) is 31.8 Å². The van der Waals surface area contributed by atoms with Crippen LogP contribution >= 0.6 is 11.8 Å². The van der Waals surface area contributed by atoms with Crippen LogP contribution in [0.3, 0.4) is 0 Å². The van der Waals surface area contributed by atoms with Crippen molar-refractivity contribution in [1.29, 1.82) is 0 Å². The number of hydrogen-bond acceptors (Lipinski definition) is 5. The second kappa shape index (κ2) is 8.27. The Hall–Kier alpha value is -2.47. The first kappa shape index (κ1) is 18.3. The number of methoxy groups -OCH3 is 2. The highest BCUT2D eigenvalue weighted by Gasteiger charge is 2.16. The highest BCUT2D eigenvalue weighted by atomic mass is 32.2. The summed E-state index contributed by atoms with van der Waals surface area (Å²) in [5, 5.41) is 2.78. The van der Waals surface area contributed by atoms with Crippen LogP contribution in [0.2, 0.25) is 0 Å². The Balaban J connectivity index is 1.65. The van der Waals surface area contributed by atoms with Crippen molar-refractivity contribution in [3.8, 4) is 5.75 Å². The molecular weight excluding hydrogens is 350 g/mol. The quantitative estimate of drug-likeness (QED) is 0.620. The van der Waals surface area contributed by atoms with Gasteiger partial charge < -0.3 is 14.8 Å². The van der Waals surface area contributed by atoms with Crippen molar-refractivity contribution in [2.24, 2.45) is 0 Å². The van der Waals surface area contributed by atoms with Gasteiger partial charge in [0.15, 0.2) is 0 Å². The Labute approximate surface area is 157 Å². The third-order valence-electron chi connectivity index (χ3n) is 4.35. The van der Waals surface area contributed by atoms with Gasteiger partial charge in [0.25, 0.3) is 0 Å². The van der Waals surface area contributed by atoms with E-state index in [0.29, 0.717) is 11.4 Å². The largest absolute Gasteiger partial charge is 0.497 e. The molecule has 136 valence electrons. The summed E-state index contributed by atoms with van der Waals surface area (Å²) in [6.07, 6.45) is 3.47. The third kappa shape index (κ3) is 4.19. The number of hydrogen-bond donors (Lipinski definition) is 1. The number of benzene rings is 2. The summed E-state index contributed by atoms with van der Waals surface area (Å²) in [6, 6.07) is 11.3. The smallest absolute Gasteiger partial charge is 0.340 e. The number of esters is 1. The fraction of sp³-hybridized carbons (Fsp3) is 0.300. The van der Waals surface area contributed by atoms with E-state index >= 15 is 0 Å². The number of nitrogens with one attached hydrogen (secondary N) is 1. The van der Waals surface area contributed by atoms with Crippen LogP contribution < -0.4 is 10.1 Å². The van der Waals surface area contributed by atoms with Gasteiger partial charge in [0.05, 0.1) is 31.2 Å². The standard InChI is InChI=1S/C20H21NO4S/c1-24-15-7-9-18(17(11-15)20(23)25-2)21-19(22)12-26-16-8-6-13-4-3-5-14(13)10-16/h6-11H,3-5,12H2,1-2H3,(H,21,22). The van der Waals surface area contributed by atoms with Crippen LogP contribution in [-0.2, 0) is 22.4 Å². The maximum atomic E-state index is 12.3. The van der Waals surface area contributed by atoms with Crippen LogP contribution in [0.25, 0.3) is 0 Å². The molecule has 0 spiro atoms. The van der Waals surface area contributed by atoms with E-state index in [1.165, 1.54) is 43.5 Å². The van der Waals surface area contributed by atoms with E-state index in [1.807, 2.05) is 0 Å². The van der Waals surface area contributed by atoms with Gasteiger partial charge in [-0.15, -0.1) is 11.8 Å². The lowest BCUT2D eigenvalue weighted by molar-refractivity contribution is -0.113. The van der Waals surface area contributed by atoms with Crippen LogP contribution in [0.15, 0.2) is 41.3 Å². The summed E-state index contributed by atoms with van der Waals surface area (Å²) in [6.45, 7) is 0. The van der Waals surface area contributed by atoms with E-state index in [9.17, 15) is 9.59 Å². The van der Waals surface area contributed by atoms with E-state index < -0.39 is 5.97 Å². The van der Waals surface area contributed by atoms with Gasteiger partial charge in [0, 0.05) is 4.90 Å². The van der Waals surface area contributed by atoms with E-state index in [2.05, 4.69) is 23.5 Å². The molecule has 0 aliphatic heterocycles. The first-order valence-corrected chi connectivity index (χ1v) is 9.40. The summed E-state index contributed by atoms with van der Waals surface area (Å²) < 4.78 is 9.91. The summed E-state index contributed by atoms with van der Waals surface area (Å²) in [5.41, 5.74) is 3.48. The molecule has 0 saturated carbocycles. The second-order valence-corrected chi connectivity index (χ2v) is 7.07. The lowest BCUT2D eigenvalue weighted by Crippen LogP contribution is -2.17. The molecular formula is C20H21NO4S. The zero-order valence-corrected chi connectivity index (χ0v) is 15.7. The molecule has 0 unspecified atom stereocenters. The lowest BCUT2D eigenvalue weighted by Gasteiger charge is -2.11. The molecule has 2 aromatic rings. The maximum Gasteiger partial charge on any atom is 0.340 e. The summed E-state index contributed by atoms with van der Waals surface area (Å²) in [5.74, 6) is 0.0954. The van der Waals surface area contributed by atoms with E-state index in [4.69, 9.17) is 9.47 Å². The topological polar surface area (TPSA) is 64.6 Å². The molecule has 2 aromatic carbocycles. The Morgan fingerprint density at radius 2 is 1.88 bits per heavy atom. The molecule has 0 aromatic heterocycles. The van der Waals surface area contributed by atoms with Gasteiger partial charge >= 0.3 is 5.97 Å². The monoisotopic (exact) mass is 371 g/mol.